The molecule has 0 aliphatic rings. The summed E-state index contributed by atoms with van der Waals surface area (Å²) in [4.78, 5) is 11.3. The Hall–Kier alpha value is -1.83. The van der Waals surface area contributed by atoms with Gasteiger partial charge in [-0.25, -0.2) is 0 Å². The van der Waals surface area contributed by atoms with Crippen molar-refractivity contribution in [2.75, 3.05) is 0 Å². The van der Waals surface area contributed by atoms with E-state index in [0.29, 0.717) is 0 Å². The maximum absolute atomic E-state index is 11.3. The smallest absolute Gasteiger partial charge is 0.303 e. The Morgan fingerprint density at radius 3 is 2.63 bits per heavy atom. The summed E-state index contributed by atoms with van der Waals surface area (Å²) in [6, 6.07) is 14.4. The summed E-state index contributed by atoms with van der Waals surface area (Å²) in [5.74, 6) is -0.214. The van der Waals surface area contributed by atoms with Crippen LogP contribution in [-0.2, 0) is 9.53 Å². The highest BCUT2D eigenvalue weighted by Crippen LogP contribution is 2.30. The predicted molar refractivity (Wildman–Crippen MR) is 78.0 cm³/mol. The Balaban J connectivity index is 2.39. The molecule has 1 atom stereocenters. The van der Waals surface area contributed by atoms with Gasteiger partial charge in [0.25, 0.3) is 0 Å². The van der Waals surface area contributed by atoms with Crippen molar-refractivity contribution >= 4 is 16.7 Å². The van der Waals surface area contributed by atoms with E-state index >= 15 is 0 Å². The molecular weight excluding hydrogens is 236 g/mol. The molecule has 0 saturated heterocycles. The molecule has 1 unspecified atom stereocenters. The third kappa shape index (κ3) is 3.34. The van der Waals surface area contributed by atoms with Crippen LogP contribution in [0.3, 0.4) is 0 Å². The predicted octanol–water partition coefficient (Wildman–Crippen LogP) is 4.63. The van der Waals surface area contributed by atoms with E-state index in [1.165, 1.54) is 17.7 Å². The van der Waals surface area contributed by atoms with Crippen LogP contribution in [0.15, 0.2) is 42.5 Å². The van der Waals surface area contributed by atoms with Crippen molar-refractivity contribution in [3.8, 4) is 0 Å². The highest BCUT2D eigenvalue weighted by atomic mass is 16.5. The number of ether oxygens (including phenoxy) is 1. The first-order valence-corrected chi connectivity index (χ1v) is 6.87. The molecule has 100 valence electrons. The molecule has 0 radical (unpaired) electrons. The van der Waals surface area contributed by atoms with Gasteiger partial charge in [-0.2, -0.15) is 0 Å². The summed E-state index contributed by atoms with van der Waals surface area (Å²) in [6.07, 6.45) is 2.90. The van der Waals surface area contributed by atoms with Gasteiger partial charge in [0.2, 0.25) is 0 Å². The number of hydrogen-bond donors (Lipinski definition) is 0. The SMILES string of the molecule is CCCCC(OC(C)=O)c1cccc2ccccc12. The van der Waals surface area contributed by atoms with Crippen LogP contribution in [0.2, 0.25) is 0 Å². The van der Waals surface area contributed by atoms with Crippen LogP contribution in [0.5, 0.6) is 0 Å². The number of fused-ring (bicyclic) bond motifs is 1. The molecule has 0 aliphatic heterocycles. The molecule has 0 amide bonds. The second-order valence-electron chi connectivity index (χ2n) is 4.81. The average molecular weight is 256 g/mol. The zero-order valence-corrected chi connectivity index (χ0v) is 11.6. The minimum absolute atomic E-state index is 0.136. The first-order valence-electron chi connectivity index (χ1n) is 6.87. The van der Waals surface area contributed by atoms with Gasteiger partial charge in [0, 0.05) is 12.5 Å². The number of esters is 1. The van der Waals surface area contributed by atoms with E-state index in [2.05, 4.69) is 31.2 Å². The van der Waals surface area contributed by atoms with Crippen molar-refractivity contribution in [3.05, 3.63) is 48.0 Å². The van der Waals surface area contributed by atoms with Crippen LogP contribution in [-0.4, -0.2) is 5.97 Å². The molecule has 2 aromatic carbocycles. The van der Waals surface area contributed by atoms with Crippen molar-refractivity contribution in [1.82, 2.24) is 0 Å². The molecule has 2 heteroatoms. The lowest BCUT2D eigenvalue weighted by Crippen LogP contribution is -2.09. The van der Waals surface area contributed by atoms with E-state index in [1.807, 2.05) is 18.2 Å². The van der Waals surface area contributed by atoms with Gasteiger partial charge in [-0.15, -0.1) is 0 Å². The summed E-state index contributed by atoms with van der Waals surface area (Å²) >= 11 is 0. The van der Waals surface area contributed by atoms with E-state index in [-0.39, 0.29) is 12.1 Å². The maximum Gasteiger partial charge on any atom is 0.303 e. The summed E-state index contributed by atoms with van der Waals surface area (Å²) in [7, 11) is 0. The summed E-state index contributed by atoms with van der Waals surface area (Å²) in [6.45, 7) is 3.62. The molecule has 0 bridgehead atoms. The lowest BCUT2D eigenvalue weighted by atomic mass is 9.97. The van der Waals surface area contributed by atoms with Crippen LogP contribution in [0, 0.1) is 0 Å². The Kier molecular flexibility index (Phi) is 4.56. The normalized spacial score (nSPS) is 12.3. The second-order valence-corrected chi connectivity index (χ2v) is 4.81. The molecule has 0 N–H and O–H groups in total. The number of hydrogen-bond acceptors (Lipinski definition) is 2. The topological polar surface area (TPSA) is 26.3 Å². The molecule has 0 aromatic heterocycles. The van der Waals surface area contributed by atoms with Crippen molar-refractivity contribution in [2.24, 2.45) is 0 Å². The van der Waals surface area contributed by atoms with Gasteiger partial charge >= 0.3 is 5.97 Å². The number of unbranched alkanes of at least 4 members (excludes halogenated alkanes) is 1. The average Bonchev–Trinajstić information content (AvgIpc) is 2.42. The Morgan fingerprint density at radius 1 is 1.16 bits per heavy atom. The number of rotatable bonds is 5. The zero-order chi connectivity index (χ0) is 13.7. The van der Waals surface area contributed by atoms with E-state index < -0.39 is 0 Å². The van der Waals surface area contributed by atoms with Crippen molar-refractivity contribution in [2.45, 2.75) is 39.2 Å². The molecule has 2 rings (SSSR count). The highest BCUT2D eigenvalue weighted by Gasteiger charge is 2.16. The third-order valence-electron chi connectivity index (χ3n) is 3.30. The van der Waals surface area contributed by atoms with Gasteiger partial charge in [-0.05, 0) is 23.6 Å². The van der Waals surface area contributed by atoms with Crippen LogP contribution < -0.4 is 0 Å². The summed E-state index contributed by atoms with van der Waals surface area (Å²) < 4.78 is 5.51. The van der Waals surface area contributed by atoms with Gasteiger partial charge in [-0.3, -0.25) is 4.79 Å². The van der Waals surface area contributed by atoms with E-state index in [0.717, 1.165) is 24.8 Å². The molecule has 2 aromatic rings. The lowest BCUT2D eigenvalue weighted by molar-refractivity contribution is -0.147. The molecule has 19 heavy (non-hydrogen) atoms. The van der Waals surface area contributed by atoms with Crippen molar-refractivity contribution in [3.63, 3.8) is 0 Å². The monoisotopic (exact) mass is 256 g/mol. The fraction of sp³-hybridized carbons (Fsp3) is 0.353. The van der Waals surface area contributed by atoms with Crippen LogP contribution in [0.1, 0.15) is 44.8 Å². The fourth-order valence-corrected chi connectivity index (χ4v) is 2.40. The van der Waals surface area contributed by atoms with Gasteiger partial charge in [0.1, 0.15) is 6.10 Å². The zero-order valence-electron chi connectivity index (χ0n) is 11.6. The minimum Gasteiger partial charge on any atom is -0.458 e. The second kappa shape index (κ2) is 6.37. The standard InChI is InChI=1S/C17H20O2/c1-3-4-12-17(19-13(2)18)16-11-7-9-14-8-5-6-10-15(14)16/h5-11,17H,3-4,12H2,1-2H3. The molecule has 0 aliphatic carbocycles. The Morgan fingerprint density at radius 2 is 1.89 bits per heavy atom. The molecule has 2 nitrogen and oxygen atoms in total. The minimum atomic E-state index is -0.214. The van der Waals surface area contributed by atoms with E-state index in [9.17, 15) is 4.79 Å². The summed E-state index contributed by atoms with van der Waals surface area (Å²) in [5, 5.41) is 2.36. The van der Waals surface area contributed by atoms with Crippen molar-refractivity contribution in [1.29, 1.82) is 0 Å². The quantitative estimate of drug-likeness (QED) is 0.729. The fourth-order valence-electron chi connectivity index (χ4n) is 2.40. The van der Waals surface area contributed by atoms with Gasteiger partial charge in [0.05, 0.1) is 0 Å². The number of carbonyl (C=O) groups is 1. The molecule has 0 heterocycles. The van der Waals surface area contributed by atoms with Crippen molar-refractivity contribution < 1.29 is 9.53 Å². The largest absolute Gasteiger partial charge is 0.458 e. The van der Waals surface area contributed by atoms with Gasteiger partial charge in [-0.1, -0.05) is 55.8 Å². The van der Waals surface area contributed by atoms with Crippen LogP contribution in [0.25, 0.3) is 10.8 Å². The molecule has 0 saturated carbocycles. The molecule has 0 spiro atoms. The van der Waals surface area contributed by atoms with Crippen LogP contribution >= 0.6 is 0 Å². The van der Waals surface area contributed by atoms with Gasteiger partial charge in [0.15, 0.2) is 0 Å². The maximum atomic E-state index is 11.3. The first kappa shape index (κ1) is 13.6. The third-order valence-corrected chi connectivity index (χ3v) is 3.30. The van der Waals surface area contributed by atoms with Gasteiger partial charge < -0.3 is 4.74 Å². The number of benzene rings is 2. The lowest BCUT2D eigenvalue weighted by Gasteiger charge is -2.19. The molecular formula is C17H20O2. The highest BCUT2D eigenvalue weighted by molar-refractivity contribution is 5.86. The number of carbonyl (C=O) groups excluding carboxylic acids is 1. The van der Waals surface area contributed by atoms with E-state index in [4.69, 9.17) is 4.74 Å². The Bertz CT molecular complexity index is 555. The first-order chi connectivity index (χ1) is 9.22. The van der Waals surface area contributed by atoms with E-state index in [1.54, 1.807) is 0 Å². The van der Waals surface area contributed by atoms with Crippen LogP contribution in [0.4, 0.5) is 0 Å². The molecule has 0 fully saturated rings. The summed E-state index contributed by atoms with van der Waals surface area (Å²) in [5.41, 5.74) is 1.11. The Labute approximate surface area is 114 Å².